The molecule has 0 saturated carbocycles. The molecule has 0 aliphatic carbocycles. The van der Waals surface area contributed by atoms with Crippen LogP contribution in [0, 0.1) is 0 Å². The van der Waals surface area contributed by atoms with Crippen LogP contribution >= 0.6 is 11.6 Å². The molecule has 3 nitrogen and oxygen atoms in total. The molecular weight excluding hydrogens is 250 g/mol. The smallest absolute Gasteiger partial charge is 0.220 e. The Morgan fingerprint density at radius 3 is 2.83 bits per heavy atom. The second-order valence-corrected chi connectivity index (χ2v) is 4.66. The molecule has 0 aliphatic rings. The van der Waals surface area contributed by atoms with Crippen LogP contribution in [0.5, 0.6) is 5.75 Å². The summed E-state index contributed by atoms with van der Waals surface area (Å²) in [5.41, 5.74) is 1.10. The van der Waals surface area contributed by atoms with Gasteiger partial charge >= 0.3 is 0 Å². The fourth-order valence-electron chi connectivity index (χ4n) is 1.83. The normalized spacial score (nSPS) is 11.9. The maximum Gasteiger partial charge on any atom is 0.220 e. The van der Waals surface area contributed by atoms with Crippen molar-refractivity contribution in [3.8, 4) is 5.75 Å². The molecule has 0 bridgehead atoms. The molecule has 18 heavy (non-hydrogen) atoms. The van der Waals surface area contributed by atoms with Crippen LogP contribution in [0.15, 0.2) is 24.3 Å². The molecule has 1 aromatic carbocycles. The lowest BCUT2D eigenvalue weighted by Crippen LogP contribution is -2.34. The molecule has 0 heterocycles. The first kappa shape index (κ1) is 14.8. The Morgan fingerprint density at radius 1 is 1.44 bits per heavy atom. The van der Waals surface area contributed by atoms with Crippen molar-refractivity contribution in [1.82, 2.24) is 5.32 Å². The second kappa shape index (κ2) is 7.98. The highest BCUT2D eigenvalue weighted by Crippen LogP contribution is 2.18. The van der Waals surface area contributed by atoms with Crippen LogP contribution in [0.1, 0.15) is 25.3 Å². The number of rotatable bonds is 7. The van der Waals surface area contributed by atoms with E-state index < -0.39 is 0 Å². The predicted molar refractivity (Wildman–Crippen MR) is 74.3 cm³/mol. The Kier molecular flexibility index (Phi) is 6.58. The summed E-state index contributed by atoms with van der Waals surface area (Å²) in [4.78, 5) is 11.6. The number of carbonyl (C=O) groups excluding carboxylic acids is 1. The van der Waals surface area contributed by atoms with Crippen LogP contribution in [0.2, 0.25) is 0 Å². The fraction of sp³-hybridized carbons (Fsp3) is 0.500. The van der Waals surface area contributed by atoms with Gasteiger partial charge in [0.05, 0.1) is 7.11 Å². The maximum absolute atomic E-state index is 11.6. The van der Waals surface area contributed by atoms with E-state index in [0.717, 1.165) is 24.2 Å². The first-order valence-electron chi connectivity index (χ1n) is 6.14. The summed E-state index contributed by atoms with van der Waals surface area (Å²) in [6, 6.07) is 7.94. The van der Waals surface area contributed by atoms with Crippen LogP contribution < -0.4 is 10.1 Å². The van der Waals surface area contributed by atoms with Crippen molar-refractivity contribution >= 4 is 17.5 Å². The average Bonchev–Trinajstić information content (AvgIpc) is 2.36. The monoisotopic (exact) mass is 269 g/mol. The minimum absolute atomic E-state index is 0.0537. The van der Waals surface area contributed by atoms with E-state index in [1.165, 1.54) is 0 Å². The number of alkyl halides is 1. The van der Waals surface area contributed by atoms with Gasteiger partial charge in [-0.15, -0.1) is 11.6 Å². The molecule has 0 fully saturated rings. The number of hydrogen-bond donors (Lipinski definition) is 1. The average molecular weight is 270 g/mol. The number of nitrogens with one attached hydrogen (secondary N) is 1. The second-order valence-electron chi connectivity index (χ2n) is 4.28. The standard InChI is InChI=1S/C14H20ClNO2/c1-11(16-14(17)8-5-9-15)10-12-6-3-4-7-13(12)18-2/h3-4,6-7,11H,5,8-10H2,1-2H3,(H,16,17). The van der Waals surface area contributed by atoms with E-state index in [9.17, 15) is 4.79 Å². The molecular formula is C14H20ClNO2. The number of amides is 1. The number of para-hydroxylation sites is 1. The fourth-order valence-corrected chi connectivity index (χ4v) is 1.96. The minimum Gasteiger partial charge on any atom is -0.496 e. The van der Waals surface area contributed by atoms with Crippen molar-refractivity contribution in [2.75, 3.05) is 13.0 Å². The third-order valence-electron chi connectivity index (χ3n) is 2.66. The zero-order valence-corrected chi connectivity index (χ0v) is 11.7. The van der Waals surface area contributed by atoms with Gasteiger partial charge in [-0.05, 0) is 31.4 Å². The van der Waals surface area contributed by atoms with Gasteiger partial charge in [0.2, 0.25) is 5.91 Å². The molecule has 1 atom stereocenters. The van der Waals surface area contributed by atoms with Crippen LogP contribution in [-0.2, 0) is 11.2 Å². The topological polar surface area (TPSA) is 38.3 Å². The van der Waals surface area contributed by atoms with Crippen LogP contribution in [-0.4, -0.2) is 24.9 Å². The molecule has 0 spiro atoms. The molecule has 1 amide bonds. The highest BCUT2D eigenvalue weighted by atomic mass is 35.5. The van der Waals surface area contributed by atoms with Gasteiger partial charge in [-0.25, -0.2) is 0 Å². The van der Waals surface area contributed by atoms with Crippen molar-refractivity contribution < 1.29 is 9.53 Å². The summed E-state index contributed by atoms with van der Waals surface area (Å²) in [5.74, 6) is 1.44. The molecule has 0 saturated heterocycles. The Hall–Kier alpha value is -1.22. The lowest BCUT2D eigenvalue weighted by atomic mass is 10.1. The Morgan fingerprint density at radius 2 is 2.17 bits per heavy atom. The summed E-state index contributed by atoms with van der Waals surface area (Å²) >= 11 is 5.55. The van der Waals surface area contributed by atoms with Crippen molar-refractivity contribution in [3.05, 3.63) is 29.8 Å². The molecule has 1 aromatic rings. The zero-order chi connectivity index (χ0) is 13.4. The summed E-state index contributed by atoms with van der Waals surface area (Å²) in [7, 11) is 1.66. The molecule has 4 heteroatoms. The van der Waals surface area contributed by atoms with Gasteiger partial charge in [0.15, 0.2) is 0 Å². The summed E-state index contributed by atoms with van der Waals surface area (Å²) in [6.45, 7) is 1.99. The van der Waals surface area contributed by atoms with Crippen LogP contribution in [0.25, 0.3) is 0 Å². The SMILES string of the molecule is COc1ccccc1CC(C)NC(=O)CCCCl. The van der Waals surface area contributed by atoms with Crippen molar-refractivity contribution in [1.29, 1.82) is 0 Å². The Bertz CT molecular complexity index is 382. The number of halogens is 1. The summed E-state index contributed by atoms with van der Waals surface area (Å²) in [6.07, 6.45) is 1.96. The minimum atomic E-state index is 0.0537. The van der Waals surface area contributed by atoms with Crippen molar-refractivity contribution in [3.63, 3.8) is 0 Å². The number of carbonyl (C=O) groups is 1. The first-order valence-corrected chi connectivity index (χ1v) is 6.68. The van der Waals surface area contributed by atoms with Gasteiger partial charge in [0, 0.05) is 18.3 Å². The number of hydrogen-bond acceptors (Lipinski definition) is 2. The Labute approximate surface area is 113 Å². The van der Waals surface area contributed by atoms with E-state index in [-0.39, 0.29) is 11.9 Å². The lowest BCUT2D eigenvalue weighted by Gasteiger charge is -2.15. The van der Waals surface area contributed by atoms with Crippen LogP contribution in [0.3, 0.4) is 0 Å². The molecule has 100 valence electrons. The molecule has 1 unspecified atom stereocenters. The quantitative estimate of drug-likeness (QED) is 0.773. The molecule has 1 rings (SSSR count). The molecule has 0 aromatic heterocycles. The summed E-state index contributed by atoms with van der Waals surface area (Å²) < 4.78 is 5.29. The van der Waals surface area contributed by atoms with E-state index in [0.29, 0.717) is 12.3 Å². The highest BCUT2D eigenvalue weighted by Gasteiger charge is 2.10. The van der Waals surface area contributed by atoms with Crippen LogP contribution in [0.4, 0.5) is 0 Å². The zero-order valence-electron chi connectivity index (χ0n) is 10.9. The van der Waals surface area contributed by atoms with Gasteiger partial charge in [-0.2, -0.15) is 0 Å². The lowest BCUT2D eigenvalue weighted by molar-refractivity contribution is -0.121. The molecule has 0 aliphatic heterocycles. The number of methoxy groups -OCH3 is 1. The molecule has 0 radical (unpaired) electrons. The molecule has 1 N–H and O–H groups in total. The third kappa shape index (κ3) is 4.96. The van der Waals surface area contributed by atoms with Gasteiger partial charge < -0.3 is 10.1 Å². The number of ether oxygens (including phenoxy) is 1. The van der Waals surface area contributed by atoms with Crippen molar-refractivity contribution in [2.45, 2.75) is 32.2 Å². The van der Waals surface area contributed by atoms with E-state index in [2.05, 4.69) is 5.32 Å². The van der Waals surface area contributed by atoms with Gasteiger partial charge in [0.25, 0.3) is 0 Å². The number of benzene rings is 1. The summed E-state index contributed by atoms with van der Waals surface area (Å²) in [5, 5.41) is 2.96. The predicted octanol–water partition coefficient (Wildman–Crippen LogP) is 2.76. The van der Waals surface area contributed by atoms with E-state index in [1.807, 2.05) is 31.2 Å². The third-order valence-corrected chi connectivity index (χ3v) is 2.93. The first-order chi connectivity index (χ1) is 8.67. The Balaban J connectivity index is 2.48. The van der Waals surface area contributed by atoms with Gasteiger partial charge in [-0.1, -0.05) is 18.2 Å². The maximum atomic E-state index is 11.6. The van der Waals surface area contributed by atoms with E-state index in [4.69, 9.17) is 16.3 Å². The largest absolute Gasteiger partial charge is 0.496 e. The highest BCUT2D eigenvalue weighted by molar-refractivity contribution is 6.17. The van der Waals surface area contributed by atoms with E-state index >= 15 is 0 Å². The van der Waals surface area contributed by atoms with Gasteiger partial charge in [0.1, 0.15) is 5.75 Å². The van der Waals surface area contributed by atoms with Crippen molar-refractivity contribution in [2.24, 2.45) is 0 Å². The van der Waals surface area contributed by atoms with Gasteiger partial charge in [-0.3, -0.25) is 4.79 Å². The van der Waals surface area contributed by atoms with E-state index in [1.54, 1.807) is 7.11 Å².